The summed E-state index contributed by atoms with van der Waals surface area (Å²) in [7, 11) is 0. The smallest absolute Gasteiger partial charge is 0.122 e. The van der Waals surface area contributed by atoms with Gasteiger partial charge in [0, 0.05) is 18.7 Å². The molecule has 1 heterocycles. The molecule has 0 spiro atoms. The highest BCUT2D eigenvalue weighted by Crippen LogP contribution is 2.12. The first-order chi connectivity index (χ1) is 7.31. The SMILES string of the molecule is C=CCN(CCC)Cc1occc1CN. The summed E-state index contributed by atoms with van der Waals surface area (Å²) in [6.07, 6.45) is 4.75. The van der Waals surface area contributed by atoms with E-state index in [2.05, 4.69) is 18.4 Å². The van der Waals surface area contributed by atoms with Crippen LogP contribution < -0.4 is 5.73 Å². The maximum Gasteiger partial charge on any atom is 0.122 e. The second-order valence-corrected chi connectivity index (χ2v) is 3.60. The van der Waals surface area contributed by atoms with Gasteiger partial charge in [-0.25, -0.2) is 0 Å². The van der Waals surface area contributed by atoms with E-state index in [0.29, 0.717) is 6.54 Å². The highest BCUT2D eigenvalue weighted by molar-refractivity contribution is 5.16. The summed E-state index contributed by atoms with van der Waals surface area (Å²) in [6, 6.07) is 1.94. The van der Waals surface area contributed by atoms with Crippen molar-refractivity contribution in [1.29, 1.82) is 0 Å². The van der Waals surface area contributed by atoms with Crippen molar-refractivity contribution < 1.29 is 4.42 Å². The van der Waals surface area contributed by atoms with Crippen LogP contribution in [0.4, 0.5) is 0 Å². The Labute approximate surface area is 91.6 Å². The van der Waals surface area contributed by atoms with Crippen molar-refractivity contribution >= 4 is 0 Å². The molecule has 84 valence electrons. The van der Waals surface area contributed by atoms with Crippen molar-refractivity contribution in [3.8, 4) is 0 Å². The largest absolute Gasteiger partial charge is 0.468 e. The lowest BCUT2D eigenvalue weighted by atomic mass is 10.2. The molecule has 0 amide bonds. The normalized spacial score (nSPS) is 10.9. The molecule has 0 fully saturated rings. The Balaban J connectivity index is 2.60. The van der Waals surface area contributed by atoms with Crippen LogP contribution in [0.2, 0.25) is 0 Å². The number of nitrogens with zero attached hydrogens (tertiary/aromatic N) is 1. The van der Waals surface area contributed by atoms with E-state index in [0.717, 1.165) is 37.4 Å². The molecule has 15 heavy (non-hydrogen) atoms. The first-order valence-electron chi connectivity index (χ1n) is 5.40. The third-order valence-corrected chi connectivity index (χ3v) is 2.35. The number of nitrogens with two attached hydrogens (primary N) is 1. The minimum Gasteiger partial charge on any atom is -0.468 e. The van der Waals surface area contributed by atoms with E-state index in [1.807, 2.05) is 12.1 Å². The van der Waals surface area contributed by atoms with Crippen molar-refractivity contribution in [3.05, 3.63) is 36.3 Å². The third kappa shape index (κ3) is 3.53. The quantitative estimate of drug-likeness (QED) is 0.698. The molecular formula is C12H20N2O. The molecule has 1 aromatic heterocycles. The standard InChI is InChI=1S/C12H20N2O/c1-3-6-14(7-4-2)10-12-11(9-13)5-8-15-12/h3,5,8H,1,4,6-7,9-10,13H2,2H3. The lowest BCUT2D eigenvalue weighted by Crippen LogP contribution is -2.24. The number of hydrogen-bond acceptors (Lipinski definition) is 3. The summed E-state index contributed by atoms with van der Waals surface area (Å²) in [5.74, 6) is 0.979. The zero-order valence-corrected chi connectivity index (χ0v) is 9.41. The van der Waals surface area contributed by atoms with Gasteiger partial charge in [0.05, 0.1) is 12.8 Å². The summed E-state index contributed by atoms with van der Waals surface area (Å²) in [5, 5.41) is 0. The van der Waals surface area contributed by atoms with Gasteiger partial charge in [-0.1, -0.05) is 13.0 Å². The molecule has 3 heteroatoms. The van der Waals surface area contributed by atoms with Gasteiger partial charge >= 0.3 is 0 Å². The number of furan rings is 1. The Morgan fingerprint density at radius 2 is 2.40 bits per heavy atom. The monoisotopic (exact) mass is 208 g/mol. The molecule has 0 aliphatic carbocycles. The van der Waals surface area contributed by atoms with Crippen LogP contribution in [0.15, 0.2) is 29.4 Å². The molecule has 0 saturated heterocycles. The molecule has 0 bridgehead atoms. The van der Waals surface area contributed by atoms with Crippen LogP contribution in [0.25, 0.3) is 0 Å². The molecule has 1 aromatic rings. The minimum absolute atomic E-state index is 0.542. The van der Waals surface area contributed by atoms with Gasteiger partial charge in [0.15, 0.2) is 0 Å². The fourth-order valence-electron chi connectivity index (χ4n) is 1.62. The minimum atomic E-state index is 0.542. The van der Waals surface area contributed by atoms with Gasteiger partial charge in [-0.05, 0) is 19.0 Å². The molecule has 0 aliphatic heterocycles. The van der Waals surface area contributed by atoms with Crippen molar-refractivity contribution in [2.75, 3.05) is 13.1 Å². The molecule has 0 aliphatic rings. The molecule has 0 radical (unpaired) electrons. The van der Waals surface area contributed by atoms with Gasteiger partial charge in [-0.15, -0.1) is 6.58 Å². The zero-order valence-electron chi connectivity index (χ0n) is 9.41. The van der Waals surface area contributed by atoms with Gasteiger partial charge in [0.25, 0.3) is 0 Å². The predicted octanol–water partition coefficient (Wildman–Crippen LogP) is 2.14. The van der Waals surface area contributed by atoms with Gasteiger partial charge < -0.3 is 10.2 Å². The van der Waals surface area contributed by atoms with Crippen LogP contribution in [0.1, 0.15) is 24.7 Å². The van der Waals surface area contributed by atoms with Gasteiger partial charge in [-0.3, -0.25) is 4.90 Å². The van der Waals surface area contributed by atoms with E-state index in [4.69, 9.17) is 10.2 Å². The van der Waals surface area contributed by atoms with E-state index in [9.17, 15) is 0 Å². The average Bonchev–Trinajstić information content (AvgIpc) is 2.66. The van der Waals surface area contributed by atoms with Gasteiger partial charge in [-0.2, -0.15) is 0 Å². The summed E-state index contributed by atoms with van der Waals surface area (Å²) in [5.41, 5.74) is 6.72. The van der Waals surface area contributed by atoms with Crippen molar-refractivity contribution in [2.45, 2.75) is 26.4 Å². The third-order valence-electron chi connectivity index (χ3n) is 2.35. The van der Waals surface area contributed by atoms with Crippen LogP contribution in [-0.2, 0) is 13.1 Å². The lowest BCUT2D eigenvalue weighted by Gasteiger charge is -2.18. The molecule has 0 unspecified atom stereocenters. The topological polar surface area (TPSA) is 42.4 Å². The molecule has 2 N–H and O–H groups in total. The molecular weight excluding hydrogens is 188 g/mol. The molecule has 1 rings (SSSR count). The molecule has 0 atom stereocenters. The van der Waals surface area contributed by atoms with Crippen LogP contribution >= 0.6 is 0 Å². The van der Waals surface area contributed by atoms with Crippen molar-refractivity contribution in [1.82, 2.24) is 4.90 Å². The first-order valence-corrected chi connectivity index (χ1v) is 5.40. The average molecular weight is 208 g/mol. The van der Waals surface area contributed by atoms with Crippen LogP contribution in [0.3, 0.4) is 0 Å². The van der Waals surface area contributed by atoms with Gasteiger partial charge in [0.2, 0.25) is 0 Å². The Morgan fingerprint density at radius 3 is 3.00 bits per heavy atom. The Kier molecular flexibility index (Phi) is 5.15. The Hall–Kier alpha value is -1.06. The van der Waals surface area contributed by atoms with Crippen LogP contribution in [-0.4, -0.2) is 18.0 Å². The lowest BCUT2D eigenvalue weighted by molar-refractivity contribution is 0.267. The van der Waals surface area contributed by atoms with Crippen molar-refractivity contribution in [2.24, 2.45) is 5.73 Å². The van der Waals surface area contributed by atoms with Gasteiger partial charge in [0.1, 0.15) is 5.76 Å². The Morgan fingerprint density at radius 1 is 1.60 bits per heavy atom. The molecule has 0 aromatic carbocycles. The van der Waals surface area contributed by atoms with Crippen molar-refractivity contribution in [3.63, 3.8) is 0 Å². The fourth-order valence-corrected chi connectivity index (χ4v) is 1.62. The summed E-state index contributed by atoms with van der Waals surface area (Å²) < 4.78 is 5.42. The highest BCUT2D eigenvalue weighted by Gasteiger charge is 2.09. The highest BCUT2D eigenvalue weighted by atomic mass is 16.3. The maximum atomic E-state index is 5.62. The molecule has 3 nitrogen and oxygen atoms in total. The number of rotatable bonds is 7. The van der Waals surface area contributed by atoms with Crippen LogP contribution in [0.5, 0.6) is 0 Å². The Bertz CT molecular complexity index is 294. The first kappa shape index (κ1) is 12.0. The van der Waals surface area contributed by atoms with E-state index in [-0.39, 0.29) is 0 Å². The summed E-state index contributed by atoms with van der Waals surface area (Å²) in [6.45, 7) is 9.23. The summed E-state index contributed by atoms with van der Waals surface area (Å²) in [4.78, 5) is 2.30. The maximum absolute atomic E-state index is 5.62. The van der Waals surface area contributed by atoms with Crippen LogP contribution in [0, 0.1) is 0 Å². The number of hydrogen-bond donors (Lipinski definition) is 1. The zero-order chi connectivity index (χ0) is 11.1. The van der Waals surface area contributed by atoms with E-state index in [1.54, 1.807) is 6.26 Å². The molecule has 0 saturated carbocycles. The van der Waals surface area contributed by atoms with E-state index >= 15 is 0 Å². The predicted molar refractivity (Wildman–Crippen MR) is 62.4 cm³/mol. The van der Waals surface area contributed by atoms with E-state index < -0.39 is 0 Å². The van der Waals surface area contributed by atoms with E-state index in [1.165, 1.54) is 0 Å². The second kappa shape index (κ2) is 6.43. The summed E-state index contributed by atoms with van der Waals surface area (Å²) >= 11 is 0. The second-order valence-electron chi connectivity index (χ2n) is 3.60. The fraction of sp³-hybridized carbons (Fsp3) is 0.500.